The minimum Gasteiger partial charge on any atom is -0.459 e. The summed E-state index contributed by atoms with van der Waals surface area (Å²) in [5, 5.41) is 0. The Hall–Kier alpha value is -1.09. The van der Waals surface area contributed by atoms with Gasteiger partial charge in [-0.25, -0.2) is 4.79 Å². The summed E-state index contributed by atoms with van der Waals surface area (Å²) in [6, 6.07) is 0. The molecule has 1 saturated carbocycles. The largest absolute Gasteiger partial charge is 0.459 e. The number of hydrogen-bond donors (Lipinski definition) is 0. The Morgan fingerprint density at radius 2 is 1.96 bits per heavy atom. The molecule has 0 aliphatic heterocycles. The van der Waals surface area contributed by atoms with Crippen LogP contribution in [0.15, 0.2) is 23.8 Å². The molecule has 0 aromatic carbocycles. The maximum atomic E-state index is 11.8. The molecular weight excluding hydrogens is 300 g/mol. The number of esters is 1. The fourth-order valence-electron chi connectivity index (χ4n) is 3.02. The molecule has 0 bridgehead atoms. The quantitative estimate of drug-likeness (QED) is 0.296. The van der Waals surface area contributed by atoms with Crippen LogP contribution in [0.5, 0.6) is 0 Å². The second-order valence-electron chi connectivity index (χ2n) is 7.83. The van der Waals surface area contributed by atoms with Crippen LogP contribution in [0.2, 0.25) is 0 Å². The second-order valence-corrected chi connectivity index (χ2v) is 7.83. The molecule has 1 aliphatic carbocycles. The molecule has 138 valence electrons. The average Bonchev–Trinajstić information content (AvgIpc) is 2.99. The molecule has 0 aromatic heterocycles. The zero-order valence-electron chi connectivity index (χ0n) is 16.3. The van der Waals surface area contributed by atoms with Gasteiger partial charge in [0.15, 0.2) is 0 Å². The molecule has 0 heterocycles. The molecule has 1 atom stereocenters. The molecule has 1 rings (SSSR count). The summed E-state index contributed by atoms with van der Waals surface area (Å²) < 4.78 is 10.9. The molecule has 24 heavy (non-hydrogen) atoms. The first-order valence-corrected chi connectivity index (χ1v) is 9.43. The number of carbonyl (C=O) groups excluding carboxylic acids is 1. The lowest BCUT2D eigenvalue weighted by Gasteiger charge is -2.23. The summed E-state index contributed by atoms with van der Waals surface area (Å²) in [6.45, 7) is 8.50. The van der Waals surface area contributed by atoms with Gasteiger partial charge in [0.2, 0.25) is 0 Å². The van der Waals surface area contributed by atoms with Crippen LogP contribution in [0.3, 0.4) is 0 Å². The summed E-state index contributed by atoms with van der Waals surface area (Å²) in [5.41, 5.74) is 0.944. The number of allylic oxidation sites excluding steroid dienone is 3. The standard InChI is InChI=1S/C21H36O3/c1-17(12-9-15-21(3,4)23-5)10-8-11-18(2)16-20(22)24-19-13-6-7-14-19/h8,11,16-17,19H,6-7,9-10,12-15H2,1-5H3/b11-8+,18-16+. The van der Waals surface area contributed by atoms with Crippen molar-refractivity contribution in [1.29, 1.82) is 0 Å². The van der Waals surface area contributed by atoms with Crippen LogP contribution in [0, 0.1) is 5.92 Å². The Labute approximate surface area is 148 Å². The molecule has 0 spiro atoms. The van der Waals surface area contributed by atoms with Crippen molar-refractivity contribution in [2.24, 2.45) is 5.92 Å². The van der Waals surface area contributed by atoms with Crippen molar-refractivity contribution in [3.05, 3.63) is 23.8 Å². The van der Waals surface area contributed by atoms with Gasteiger partial charge in [-0.05, 0) is 70.8 Å². The molecule has 1 aliphatic rings. The van der Waals surface area contributed by atoms with Gasteiger partial charge >= 0.3 is 5.97 Å². The van der Waals surface area contributed by atoms with Gasteiger partial charge in [-0.1, -0.05) is 31.9 Å². The van der Waals surface area contributed by atoms with Crippen molar-refractivity contribution in [2.75, 3.05) is 7.11 Å². The summed E-state index contributed by atoms with van der Waals surface area (Å²) >= 11 is 0. The van der Waals surface area contributed by atoms with E-state index < -0.39 is 0 Å². The fraction of sp³-hybridized carbons (Fsp3) is 0.762. The lowest BCUT2D eigenvalue weighted by Crippen LogP contribution is -2.22. The number of carbonyl (C=O) groups is 1. The van der Waals surface area contributed by atoms with Crippen molar-refractivity contribution in [2.45, 2.75) is 90.8 Å². The smallest absolute Gasteiger partial charge is 0.331 e. The van der Waals surface area contributed by atoms with E-state index in [1.807, 2.05) is 13.0 Å². The van der Waals surface area contributed by atoms with Crippen LogP contribution in [-0.2, 0) is 14.3 Å². The van der Waals surface area contributed by atoms with Crippen molar-refractivity contribution in [3.63, 3.8) is 0 Å². The molecule has 3 nitrogen and oxygen atoms in total. The molecule has 1 fully saturated rings. The average molecular weight is 337 g/mol. The minimum atomic E-state index is -0.195. The van der Waals surface area contributed by atoms with E-state index in [4.69, 9.17) is 9.47 Å². The van der Waals surface area contributed by atoms with Crippen LogP contribution >= 0.6 is 0 Å². The van der Waals surface area contributed by atoms with Crippen molar-refractivity contribution in [3.8, 4) is 0 Å². The van der Waals surface area contributed by atoms with Gasteiger partial charge < -0.3 is 9.47 Å². The van der Waals surface area contributed by atoms with Gasteiger partial charge in [0, 0.05) is 13.2 Å². The van der Waals surface area contributed by atoms with E-state index in [2.05, 4.69) is 26.8 Å². The van der Waals surface area contributed by atoms with E-state index in [-0.39, 0.29) is 17.7 Å². The third-order valence-electron chi connectivity index (χ3n) is 4.88. The number of hydrogen-bond acceptors (Lipinski definition) is 3. The van der Waals surface area contributed by atoms with Gasteiger partial charge in [-0.15, -0.1) is 0 Å². The van der Waals surface area contributed by atoms with Gasteiger partial charge in [0.25, 0.3) is 0 Å². The topological polar surface area (TPSA) is 35.5 Å². The van der Waals surface area contributed by atoms with E-state index >= 15 is 0 Å². The van der Waals surface area contributed by atoms with E-state index in [1.165, 1.54) is 25.7 Å². The highest BCUT2D eigenvalue weighted by Gasteiger charge is 2.18. The first kappa shape index (κ1) is 21.0. The van der Waals surface area contributed by atoms with E-state index in [1.54, 1.807) is 13.2 Å². The first-order valence-electron chi connectivity index (χ1n) is 9.43. The van der Waals surface area contributed by atoms with E-state index in [9.17, 15) is 4.79 Å². The van der Waals surface area contributed by atoms with Crippen LogP contribution in [0.4, 0.5) is 0 Å². The maximum Gasteiger partial charge on any atom is 0.331 e. The van der Waals surface area contributed by atoms with Gasteiger partial charge in [-0.3, -0.25) is 0 Å². The summed E-state index contributed by atoms with van der Waals surface area (Å²) in [5.74, 6) is 0.450. The maximum absolute atomic E-state index is 11.8. The SMILES string of the molecule is COC(C)(C)CCCC(C)C/C=C/C(C)=C/C(=O)OC1CCCC1. The molecule has 0 N–H and O–H groups in total. The zero-order chi connectivity index (χ0) is 18.0. The molecular formula is C21H36O3. The fourth-order valence-corrected chi connectivity index (χ4v) is 3.02. The van der Waals surface area contributed by atoms with E-state index in [0.29, 0.717) is 5.92 Å². The normalized spacial score (nSPS) is 18.3. The highest BCUT2D eigenvalue weighted by Crippen LogP contribution is 2.22. The van der Waals surface area contributed by atoms with Crippen molar-refractivity contribution < 1.29 is 14.3 Å². The Morgan fingerprint density at radius 1 is 1.29 bits per heavy atom. The highest BCUT2D eigenvalue weighted by molar-refractivity contribution is 5.83. The first-order chi connectivity index (χ1) is 11.3. The van der Waals surface area contributed by atoms with Gasteiger partial charge in [-0.2, -0.15) is 0 Å². The second kappa shape index (κ2) is 10.7. The zero-order valence-corrected chi connectivity index (χ0v) is 16.3. The van der Waals surface area contributed by atoms with Crippen LogP contribution in [0.1, 0.15) is 79.1 Å². The Balaban J connectivity index is 2.23. The Morgan fingerprint density at radius 3 is 2.58 bits per heavy atom. The molecule has 1 unspecified atom stereocenters. The number of ether oxygens (including phenoxy) is 2. The van der Waals surface area contributed by atoms with Gasteiger partial charge in [0.1, 0.15) is 6.10 Å². The van der Waals surface area contributed by atoms with Crippen molar-refractivity contribution >= 4 is 5.97 Å². The number of methoxy groups -OCH3 is 1. The molecule has 0 aromatic rings. The third kappa shape index (κ3) is 9.27. The minimum absolute atomic E-state index is 0.0193. The van der Waals surface area contributed by atoms with Gasteiger partial charge in [0.05, 0.1) is 5.60 Å². The predicted molar refractivity (Wildman–Crippen MR) is 100.0 cm³/mol. The summed E-state index contributed by atoms with van der Waals surface area (Å²) in [7, 11) is 1.78. The molecule has 3 heteroatoms. The number of rotatable bonds is 10. The highest BCUT2D eigenvalue weighted by atomic mass is 16.5. The van der Waals surface area contributed by atoms with Crippen LogP contribution in [0.25, 0.3) is 0 Å². The Kier molecular flexibility index (Phi) is 9.35. The molecule has 0 saturated heterocycles. The monoisotopic (exact) mass is 336 g/mol. The predicted octanol–water partition coefficient (Wildman–Crippen LogP) is 5.60. The summed E-state index contributed by atoms with van der Waals surface area (Å²) in [6.07, 6.45) is 14.9. The van der Waals surface area contributed by atoms with Crippen LogP contribution < -0.4 is 0 Å². The van der Waals surface area contributed by atoms with Crippen molar-refractivity contribution in [1.82, 2.24) is 0 Å². The lowest BCUT2D eigenvalue weighted by molar-refractivity contribution is -0.142. The Bertz CT molecular complexity index is 428. The molecule has 0 radical (unpaired) electrons. The summed E-state index contributed by atoms with van der Waals surface area (Å²) in [4.78, 5) is 11.8. The van der Waals surface area contributed by atoms with E-state index in [0.717, 1.165) is 31.3 Å². The van der Waals surface area contributed by atoms with Crippen LogP contribution in [-0.4, -0.2) is 24.8 Å². The third-order valence-corrected chi connectivity index (χ3v) is 4.88. The lowest BCUT2D eigenvalue weighted by atomic mass is 9.95. The molecule has 0 amide bonds.